The Kier molecular flexibility index (Phi) is 5.02. The molecule has 0 N–H and O–H groups in total. The Hall–Kier alpha value is -1.65. The molecule has 3 aliphatic rings. The van der Waals surface area contributed by atoms with Crippen molar-refractivity contribution >= 4 is 17.2 Å². The summed E-state index contributed by atoms with van der Waals surface area (Å²) < 4.78 is 0. The lowest BCUT2D eigenvalue weighted by Crippen LogP contribution is -2.38. The van der Waals surface area contributed by atoms with Gasteiger partial charge in [0.25, 0.3) is 0 Å². The molecule has 1 amide bonds. The van der Waals surface area contributed by atoms with Crippen molar-refractivity contribution in [1.29, 1.82) is 0 Å². The number of carbonyl (C=O) groups excluding carboxylic acids is 1. The monoisotopic (exact) mass is 394 g/mol. The number of fused-ring (bicyclic) bond motifs is 1. The van der Waals surface area contributed by atoms with Crippen LogP contribution in [0.1, 0.15) is 47.0 Å². The van der Waals surface area contributed by atoms with Crippen LogP contribution in [0, 0.1) is 24.7 Å². The minimum absolute atomic E-state index is 0.259. The number of thiophene rings is 1. The zero-order valence-corrected chi connectivity index (χ0v) is 17.5. The highest BCUT2D eigenvalue weighted by Gasteiger charge is 2.49. The summed E-state index contributed by atoms with van der Waals surface area (Å²) in [5.74, 6) is 1.88. The number of rotatable bonds is 4. The SMILES string of the molecule is Cc1ccc(CN2C[C@H]3CN(C(=O)C4CCCC4)[C@H](c4ccccc4)[C@H]3C2)s1. The predicted molar refractivity (Wildman–Crippen MR) is 114 cm³/mol. The standard InChI is InChI=1S/C24H30N2OS/c1-17-11-12-21(28-17)15-25-13-20-14-26(24(27)19-9-5-6-10-19)23(22(20)16-25)18-7-3-2-4-8-18/h2-4,7-8,11-12,19-20,22-23H,5-6,9-10,13-16H2,1H3/t20-,22-,23+/m0/s1. The topological polar surface area (TPSA) is 23.6 Å². The average molecular weight is 395 g/mol. The molecule has 3 heterocycles. The second-order valence-electron chi connectivity index (χ2n) is 8.96. The minimum Gasteiger partial charge on any atom is -0.335 e. The van der Waals surface area contributed by atoms with Gasteiger partial charge in [0.2, 0.25) is 5.91 Å². The molecule has 1 aliphatic carbocycles. The van der Waals surface area contributed by atoms with E-state index in [1.54, 1.807) is 0 Å². The molecule has 1 aromatic heterocycles. The van der Waals surface area contributed by atoms with Crippen molar-refractivity contribution in [3.05, 3.63) is 57.8 Å². The molecule has 0 radical (unpaired) electrons. The smallest absolute Gasteiger partial charge is 0.226 e. The highest BCUT2D eigenvalue weighted by atomic mass is 32.1. The fourth-order valence-electron chi connectivity index (χ4n) is 5.77. The molecule has 5 rings (SSSR count). The molecule has 4 heteroatoms. The number of likely N-dealkylation sites (tertiary alicyclic amines) is 2. The van der Waals surface area contributed by atoms with Crippen LogP contribution in [0.3, 0.4) is 0 Å². The molecule has 2 saturated heterocycles. The number of nitrogens with zero attached hydrogens (tertiary/aromatic N) is 2. The van der Waals surface area contributed by atoms with E-state index in [4.69, 9.17) is 0 Å². The minimum atomic E-state index is 0.259. The van der Waals surface area contributed by atoms with Gasteiger partial charge in [0.05, 0.1) is 6.04 Å². The maximum absolute atomic E-state index is 13.4. The van der Waals surface area contributed by atoms with Gasteiger partial charge in [-0.1, -0.05) is 43.2 Å². The van der Waals surface area contributed by atoms with E-state index in [2.05, 4.69) is 59.2 Å². The van der Waals surface area contributed by atoms with Crippen molar-refractivity contribution in [2.45, 2.75) is 45.2 Å². The lowest BCUT2D eigenvalue weighted by Gasteiger charge is -2.31. The second-order valence-corrected chi connectivity index (χ2v) is 10.3. The van der Waals surface area contributed by atoms with E-state index >= 15 is 0 Å². The van der Waals surface area contributed by atoms with Crippen molar-refractivity contribution in [1.82, 2.24) is 9.80 Å². The number of benzene rings is 1. The molecule has 2 aromatic rings. The zero-order valence-electron chi connectivity index (χ0n) is 16.7. The van der Waals surface area contributed by atoms with Gasteiger partial charge in [0, 0.05) is 47.8 Å². The second kappa shape index (κ2) is 7.64. The first-order chi connectivity index (χ1) is 13.7. The van der Waals surface area contributed by atoms with Crippen molar-refractivity contribution in [2.75, 3.05) is 19.6 Å². The van der Waals surface area contributed by atoms with Crippen molar-refractivity contribution in [3.63, 3.8) is 0 Å². The van der Waals surface area contributed by atoms with Gasteiger partial charge in [-0.2, -0.15) is 0 Å². The molecule has 3 atom stereocenters. The Morgan fingerprint density at radius 2 is 1.82 bits per heavy atom. The Morgan fingerprint density at radius 1 is 1.04 bits per heavy atom. The molecule has 0 spiro atoms. The van der Waals surface area contributed by atoms with Crippen LogP contribution in [0.15, 0.2) is 42.5 Å². The molecule has 148 valence electrons. The van der Waals surface area contributed by atoms with E-state index in [0.717, 1.165) is 39.0 Å². The first-order valence-electron chi connectivity index (χ1n) is 10.8. The third-order valence-corrected chi connectivity index (χ3v) is 8.03. The summed E-state index contributed by atoms with van der Waals surface area (Å²) in [5, 5.41) is 0. The van der Waals surface area contributed by atoms with Crippen LogP contribution in [0.5, 0.6) is 0 Å². The number of aryl methyl sites for hydroxylation is 1. The molecule has 0 unspecified atom stereocenters. The maximum atomic E-state index is 13.4. The van der Waals surface area contributed by atoms with Crippen LogP contribution in [0.25, 0.3) is 0 Å². The fourth-order valence-corrected chi connectivity index (χ4v) is 6.70. The van der Waals surface area contributed by atoms with Crippen LogP contribution in [0.2, 0.25) is 0 Å². The lowest BCUT2D eigenvalue weighted by molar-refractivity contribution is -0.137. The Balaban J connectivity index is 1.37. The number of amides is 1. The first-order valence-corrected chi connectivity index (χ1v) is 11.6. The van der Waals surface area contributed by atoms with E-state index in [1.165, 1.54) is 28.2 Å². The predicted octanol–water partition coefficient (Wildman–Crippen LogP) is 4.88. The summed E-state index contributed by atoms with van der Waals surface area (Å²) in [6, 6.07) is 15.6. The molecule has 28 heavy (non-hydrogen) atoms. The molecule has 1 aromatic carbocycles. The van der Waals surface area contributed by atoms with Gasteiger partial charge in [0.1, 0.15) is 0 Å². The molecule has 3 fully saturated rings. The number of hydrogen-bond acceptors (Lipinski definition) is 3. The fraction of sp³-hybridized carbons (Fsp3) is 0.542. The third kappa shape index (κ3) is 3.42. The zero-order chi connectivity index (χ0) is 19.1. The van der Waals surface area contributed by atoms with Crippen LogP contribution < -0.4 is 0 Å². The Labute approximate surface area is 172 Å². The normalized spacial score (nSPS) is 28.2. The van der Waals surface area contributed by atoms with Gasteiger partial charge < -0.3 is 4.90 Å². The Morgan fingerprint density at radius 3 is 2.54 bits per heavy atom. The van der Waals surface area contributed by atoms with Gasteiger partial charge in [-0.3, -0.25) is 9.69 Å². The molecule has 3 nitrogen and oxygen atoms in total. The third-order valence-electron chi connectivity index (χ3n) is 7.04. The quantitative estimate of drug-likeness (QED) is 0.738. The number of hydrogen-bond donors (Lipinski definition) is 0. The summed E-state index contributed by atoms with van der Waals surface area (Å²) in [7, 11) is 0. The summed E-state index contributed by atoms with van der Waals surface area (Å²) >= 11 is 1.92. The molecular formula is C24H30N2OS. The molecule has 2 aliphatic heterocycles. The van der Waals surface area contributed by atoms with Crippen LogP contribution >= 0.6 is 11.3 Å². The highest BCUT2D eigenvalue weighted by molar-refractivity contribution is 7.11. The van der Waals surface area contributed by atoms with Gasteiger partial charge >= 0.3 is 0 Å². The van der Waals surface area contributed by atoms with Crippen LogP contribution in [-0.2, 0) is 11.3 Å². The van der Waals surface area contributed by atoms with E-state index in [1.807, 2.05) is 11.3 Å². The van der Waals surface area contributed by atoms with Crippen molar-refractivity contribution in [3.8, 4) is 0 Å². The maximum Gasteiger partial charge on any atom is 0.226 e. The molecular weight excluding hydrogens is 364 g/mol. The summed E-state index contributed by atoms with van der Waals surface area (Å²) in [5.41, 5.74) is 1.33. The summed E-state index contributed by atoms with van der Waals surface area (Å²) in [6.07, 6.45) is 4.63. The number of carbonyl (C=O) groups is 1. The van der Waals surface area contributed by atoms with Gasteiger partial charge in [0.15, 0.2) is 0 Å². The molecule has 1 saturated carbocycles. The Bertz CT molecular complexity index is 826. The van der Waals surface area contributed by atoms with E-state index < -0.39 is 0 Å². The van der Waals surface area contributed by atoms with Gasteiger partial charge in [-0.05, 0) is 43.4 Å². The summed E-state index contributed by atoms with van der Waals surface area (Å²) in [4.78, 5) is 21.1. The molecule has 0 bridgehead atoms. The lowest BCUT2D eigenvalue weighted by atomic mass is 9.89. The van der Waals surface area contributed by atoms with Crippen molar-refractivity contribution < 1.29 is 4.79 Å². The summed E-state index contributed by atoms with van der Waals surface area (Å²) in [6.45, 7) is 6.42. The van der Waals surface area contributed by atoms with Crippen molar-refractivity contribution in [2.24, 2.45) is 17.8 Å². The van der Waals surface area contributed by atoms with Gasteiger partial charge in [-0.15, -0.1) is 11.3 Å². The van der Waals surface area contributed by atoms with Gasteiger partial charge in [-0.25, -0.2) is 0 Å². The van der Waals surface area contributed by atoms with E-state index in [-0.39, 0.29) is 12.0 Å². The first kappa shape index (κ1) is 18.4. The largest absolute Gasteiger partial charge is 0.335 e. The van der Waals surface area contributed by atoms with E-state index in [9.17, 15) is 4.79 Å². The van der Waals surface area contributed by atoms with Crippen LogP contribution in [0.4, 0.5) is 0 Å². The average Bonchev–Trinajstić information content (AvgIpc) is 3.46. The van der Waals surface area contributed by atoms with Crippen LogP contribution in [-0.4, -0.2) is 35.3 Å². The highest BCUT2D eigenvalue weighted by Crippen LogP contribution is 2.46. The van der Waals surface area contributed by atoms with E-state index in [0.29, 0.717) is 17.7 Å².